The lowest BCUT2D eigenvalue weighted by Gasteiger charge is -1.97. The predicted molar refractivity (Wildman–Crippen MR) is 59.0 cm³/mol. The summed E-state index contributed by atoms with van der Waals surface area (Å²) in [6, 6.07) is 10.0. The molecule has 0 unspecified atom stereocenters. The molecule has 0 spiro atoms. The molecular formula is C12H7N3. The molecule has 3 heteroatoms. The lowest BCUT2D eigenvalue weighted by atomic mass is 10.2. The van der Waals surface area contributed by atoms with E-state index in [-0.39, 0.29) is 0 Å². The zero-order valence-electron chi connectivity index (χ0n) is 7.88. The summed E-state index contributed by atoms with van der Waals surface area (Å²) in [6.45, 7) is 7.01. The monoisotopic (exact) mass is 193 g/mol. The maximum absolute atomic E-state index is 7.01. The smallest absolute Gasteiger partial charge is 0.254 e. The molecule has 0 saturated carbocycles. The number of hydrogen-bond donors (Lipinski definition) is 0. The Bertz CT molecular complexity index is 689. The quantitative estimate of drug-likeness (QED) is 0.503. The number of rotatable bonds is 0. The molecule has 1 aromatic carbocycles. The van der Waals surface area contributed by atoms with Crippen molar-refractivity contribution >= 4 is 22.2 Å². The van der Waals surface area contributed by atoms with Crippen LogP contribution in [0.4, 0.5) is 5.82 Å². The van der Waals surface area contributed by atoms with Gasteiger partial charge in [-0.25, -0.2) is 9.38 Å². The van der Waals surface area contributed by atoms with Gasteiger partial charge in [0.2, 0.25) is 5.65 Å². The Morgan fingerprint density at radius 3 is 2.93 bits per heavy atom. The molecular weight excluding hydrogens is 186 g/mol. The third-order valence-corrected chi connectivity index (χ3v) is 2.50. The SMILES string of the molecule is [C-]#[N+]c1cnc2c3ccccc3ccn12. The van der Waals surface area contributed by atoms with Gasteiger partial charge in [0, 0.05) is 5.39 Å². The molecule has 3 rings (SSSR count). The molecule has 0 bridgehead atoms. The van der Waals surface area contributed by atoms with E-state index >= 15 is 0 Å². The van der Waals surface area contributed by atoms with Crippen molar-refractivity contribution in [2.75, 3.05) is 0 Å². The van der Waals surface area contributed by atoms with E-state index < -0.39 is 0 Å². The van der Waals surface area contributed by atoms with E-state index in [0.717, 1.165) is 16.4 Å². The lowest BCUT2D eigenvalue weighted by molar-refractivity contribution is 1.22. The fourth-order valence-corrected chi connectivity index (χ4v) is 1.78. The molecule has 3 aromatic rings. The van der Waals surface area contributed by atoms with Crippen LogP contribution in [0.2, 0.25) is 0 Å². The molecule has 3 nitrogen and oxygen atoms in total. The first-order valence-electron chi connectivity index (χ1n) is 4.62. The standard InChI is InChI=1S/C12H7N3/c1-13-11-8-14-12-10-5-3-2-4-9(10)6-7-15(11)12/h2-8H. The van der Waals surface area contributed by atoms with E-state index in [2.05, 4.69) is 9.83 Å². The second kappa shape index (κ2) is 2.82. The van der Waals surface area contributed by atoms with E-state index in [1.165, 1.54) is 0 Å². The van der Waals surface area contributed by atoms with Crippen LogP contribution in [-0.4, -0.2) is 9.38 Å². The average Bonchev–Trinajstić information content (AvgIpc) is 2.72. The Labute approximate surface area is 86.4 Å². The molecule has 0 aliphatic heterocycles. The molecule has 15 heavy (non-hydrogen) atoms. The molecule has 0 aliphatic carbocycles. The summed E-state index contributed by atoms with van der Waals surface area (Å²) in [5.41, 5.74) is 0.846. The summed E-state index contributed by atoms with van der Waals surface area (Å²) >= 11 is 0. The normalized spacial score (nSPS) is 10.6. The van der Waals surface area contributed by atoms with Gasteiger partial charge in [0.15, 0.2) is 0 Å². The van der Waals surface area contributed by atoms with Crippen LogP contribution in [0.25, 0.3) is 21.3 Å². The van der Waals surface area contributed by atoms with Crippen LogP contribution >= 0.6 is 0 Å². The highest BCUT2D eigenvalue weighted by Crippen LogP contribution is 2.22. The molecule has 70 valence electrons. The summed E-state index contributed by atoms with van der Waals surface area (Å²) in [6.07, 6.45) is 3.49. The highest BCUT2D eigenvalue weighted by molar-refractivity contribution is 5.94. The summed E-state index contributed by atoms with van der Waals surface area (Å²) < 4.78 is 1.81. The highest BCUT2D eigenvalue weighted by atomic mass is 15.1. The zero-order valence-corrected chi connectivity index (χ0v) is 7.88. The predicted octanol–water partition coefficient (Wildman–Crippen LogP) is 3.04. The fraction of sp³-hybridized carbons (Fsp3) is 0. The minimum atomic E-state index is 0.552. The second-order valence-corrected chi connectivity index (χ2v) is 3.32. The van der Waals surface area contributed by atoms with Crippen LogP contribution in [0.1, 0.15) is 0 Å². The van der Waals surface area contributed by atoms with Crippen molar-refractivity contribution < 1.29 is 0 Å². The van der Waals surface area contributed by atoms with Crippen LogP contribution in [0.15, 0.2) is 42.7 Å². The van der Waals surface area contributed by atoms with Crippen LogP contribution in [-0.2, 0) is 0 Å². The Kier molecular flexibility index (Phi) is 1.51. The molecule has 0 radical (unpaired) electrons. The molecule has 0 N–H and O–H groups in total. The first-order chi connectivity index (χ1) is 7.40. The minimum Gasteiger partial charge on any atom is -0.362 e. The molecule has 0 amide bonds. The summed E-state index contributed by atoms with van der Waals surface area (Å²) in [5.74, 6) is 0.552. The Morgan fingerprint density at radius 1 is 1.20 bits per heavy atom. The molecule has 0 saturated heterocycles. The van der Waals surface area contributed by atoms with E-state index in [1.807, 2.05) is 40.9 Å². The largest absolute Gasteiger partial charge is 0.362 e. The topological polar surface area (TPSA) is 21.7 Å². The minimum absolute atomic E-state index is 0.552. The molecule has 2 aromatic heterocycles. The summed E-state index contributed by atoms with van der Waals surface area (Å²) in [4.78, 5) is 7.68. The van der Waals surface area contributed by atoms with Crippen LogP contribution in [0, 0.1) is 6.57 Å². The number of nitrogens with zero attached hydrogens (tertiary/aromatic N) is 3. The number of hydrogen-bond acceptors (Lipinski definition) is 1. The van der Waals surface area contributed by atoms with Crippen molar-refractivity contribution in [2.24, 2.45) is 0 Å². The van der Waals surface area contributed by atoms with Gasteiger partial charge >= 0.3 is 0 Å². The van der Waals surface area contributed by atoms with Gasteiger partial charge in [-0.2, -0.15) is 0 Å². The van der Waals surface area contributed by atoms with Gasteiger partial charge in [0.1, 0.15) is 0 Å². The summed E-state index contributed by atoms with van der Waals surface area (Å²) in [5, 5.41) is 2.22. The maximum Gasteiger partial charge on any atom is 0.254 e. The lowest BCUT2D eigenvalue weighted by Crippen LogP contribution is -1.84. The van der Waals surface area contributed by atoms with E-state index in [4.69, 9.17) is 6.57 Å². The third-order valence-electron chi connectivity index (χ3n) is 2.50. The average molecular weight is 193 g/mol. The first-order valence-corrected chi connectivity index (χ1v) is 4.62. The zero-order chi connectivity index (χ0) is 10.3. The van der Waals surface area contributed by atoms with Gasteiger partial charge in [-0.3, -0.25) is 0 Å². The Hall–Kier alpha value is -2.34. The highest BCUT2D eigenvalue weighted by Gasteiger charge is 2.07. The second-order valence-electron chi connectivity index (χ2n) is 3.32. The first kappa shape index (κ1) is 8.01. The fourth-order valence-electron chi connectivity index (χ4n) is 1.78. The maximum atomic E-state index is 7.01. The number of fused-ring (bicyclic) bond motifs is 3. The van der Waals surface area contributed by atoms with Crippen molar-refractivity contribution in [2.45, 2.75) is 0 Å². The third kappa shape index (κ3) is 1.02. The van der Waals surface area contributed by atoms with Gasteiger partial charge in [0.05, 0.1) is 12.4 Å². The van der Waals surface area contributed by atoms with Crippen LogP contribution in [0.3, 0.4) is 0 Å². The molecule has 0 aliphatic rings. The van der Waals surface area contributed by atoms with Gasteiger partial charge < -0.3 is 4.85 Å². The van der Waals surface area contributed by atoms with Crippen molar-refractivity contribution in [1.82, 2.24) is 9.38 Å². The Morgan fingerprint density at radius 2 is 2.07 bits per heavy atom. The van der Waals surface area contributed by atoms with Gasteiger partial charge in [0.25, 0.3) is 5.82 Å². The van der Waals surface area contributed by atoms with E-state index in [1.54, 1.807) is 6.20 Å². The molecule has 0 atom stereocenters. The number of benzene rings is 1. The van der Waals surface area contributed by atoms with Crippen molar-refractivity contribution in [1.29, 1.82) is 0 Å². The van der Waals surface area contributed by atoms with Crippen molar-refractivity contribution in [3.8, 4) is 0 Å². The number of pyridine rings is 1. The molecule has 2 heterocycles. The Balaban J connectivity index is 2.57. The van der Waals surface area contributed by atoms with Crippen molar-refractivity contribution in [3.63, 3.8) is 0 Å². The van der Waals surface area contributed by atoms with Crippen LogP contribution < -0.4 is 0 Å². The number of aromatic nitrogens is 2. The van der Waals surface area contributed by atoms with Crippen LogP contribution in [0.5, 0.6) is 0 Å². The molecule has 0 fully saturated rings. The van der Waals surface area contributed by atoms with Crippen molar-refractivity contribution in [3.05, 3.63) is 54.1 Å². The van der Waals surface area contributed by atoms with E-state index in [0.29, 0.717) is 5.82 Å². The van der Waals surface area contributed by atoms with Gasteiger partial charge in [-0.05, 0) is 17.5 Å². The van der Waals surface area contributed by atoms with E-state index in [9.17, 15) is 0 Å². The van der Waals surface area contributed by atoms with Gasteiger partial charge in [-0.15, -0.1) is 0 Å². The van der Waals surface area contributed by atoms with Gasteiger partial charge in [-0.1, -0.05) is 24.8 Å². The number of imidazole rings is 1. The summed E-state index contributed by atoms with van der Waals surface area (Å²) in [7, 11) is 0.